The van der Waals surface area contributed by atoms with Gasteiger partial charge in [-0.2, -0.15) is 0 Å². The zero-order chi connectivity index (χ0) is 27.6. The zero-order valence-electron chi connectivity index (χ0n) is 21.0. The Kier molecular flexibility index (Phi) is 8.23. The van der Waals surface area contributed by atoms with Crippen LogP contribution in [-0.2, 0) is 11.2 Å². The summed E-state index contributed by atoms with van der Waals surface area (Å²) in [5.74, 6) is -3.88. The number of pyridine rings is 2. The van der Waals surface area contributed by atoms with Crippen LogP contribution in [0.5, 0.6) is 0 Å². The molecule has 1 aromatic carbocycles. The van der Waals surface area contributed by atoms with E-state index in [1.807, 2.05) is 13.0 Å². The van der Waals surface area contributed by atoms with E-state index < -0.39 is 46.5 Å². The number of amides is 1. The fourth-order valence-corrected chi connectivity index (χ4v) is 5.12. The molecule has 1 aliphatic carbocycles. The minimum atomic E-state index is -1.14. The van der Waals surface area contributed by atoms with E-state index >= 15 is 0 Å². The highest BCUT2D eigenvalue weighted by Crippen LogP contribution is 2.37. The van der Waals surface area contributed by atoms with Crippen molar-refractivity contribution in [2.75, 3.05) is 0 Å². The highest BCUT2D eigenvalue weighted by atomic mass is 19.1. The summed E-state index contributed by atoms with van der Waals surface area (Å²) in [6.07, 6.45) is 3.16. The number of rotatable bonds is 7. The fraction of sp³-hybridized carbons (Fsp3) is 0.357. The average molecular weight is 527 g/mol. The summed E-state index contributed by atoms with van der Waals surface area (Å²) in [4.78, 5) is 33.3. The minimum absolute atomic E-state index is 0.000144. The summed E-state index contributed by atoms with van der Waals surface area (Å²) in [5, 5.41) is 12.4. The number of aromatic nitrogens is 2. The van der Waals surface area contributed by atoms with Gasteiger partial charge in [-0.25, -0.2) is 18.2 Å². The molecule has 0 spiro atoms. The third-order valence-electron chi connectivity index (χ3n) is 7.04. The molecule has 0 bridgehead atoms. The van der Waals surface area contributed by atoms with E-state index in [0.717, 1.165) is 29.8 Å². The number of carbonyl (C=O) groups excluding carboxylic acids is 2. The molecule has 4 N–H and O–H groups in total. The van der Waals surface area contributed by atoms with Crippen LogP contribution in [0.4, 0.5) is 13.2 Å². The van der Waals surface area contributed by atoms with Crippen LogP contribution in [0.2, 0.25) is 0 Å². The Morgan fingerprint density at radius 3 is 2.47 bits per heavy atom. The molecule has 4 rings (SSSR count). The number of halogens is 3. The van der Waals surface area contributed by atoms with E-state index in [4.69, 9.17) is 5.73 Å². The van der Waals surface area contributed by atoms with Crippen molar-refractivity contribution >= 4 is 11.7 Å². The molecule has 1 amide bonds. The molecule has 200 valence electrons. The maximum atomic E-state index is 14.5. The van der Waals surface area contributed by atoms with Gasteiger partial charge in [0.05, 0.1) is 5.56 Å². The van der Waals surface area contributed by atoms with Gasteiger partial charge >= 0.3 is 0 Å². The highest BCUT2D eigenvalue weighted by molar-refractivity contribution is 5.96. The normalized spacial score (nSPS) is 22.1. The molecule has 2 aromatic heterocycles. The molecular weight excluding hydrogens is 497 g/mol. The predicted molar refractivity (Wildman–Crippen MR) is 135 cm³/mol. The van der Waals surface area contributed by atoms with Crippen molar-refractivity contribution in [1.29, 1.82) is 0 Å². The number of nitrogens with one attached hydrogen (secondary N) is 1. The Balaban J connectivity index is 1.56. The van der Waals surface area contributed by atoms with Gasteiger partial charge in [0.2, 0.25) is 5.91 Å². The van der Waals surface area contributed by atoms with Gasteiger partial charge in [0.15, 0.2) is 5.78 Å². The Bertz CT molecular complexity index is 1320. The second kappa shape index (κ2) is 11.4. The van der Waals surface area contributed by atoms with Crippen LogP contribution in [-0.4, -0.2) is 45.0 Å². The molecule has 0 radical (unpaired) electrons. The monoisotopic (exact) mass is 526 g/mol. The lowest BCUT2D eigenvalue weighted by atomic mass is 9.72. The lowest BCUT2D eigenvalue weighted by molar-refractivity contribution is -0.130. The number of nitrogens with zero attached hydrogens (tertiary/aromatic N) is 2. The van der Waals surface area contributed by atoms with Crippen molar-refractivity contribution < 1.29 is 27.9 Å². The topological polar surface area (TPSA) is 118 Å². The number of aliphatic hydroxyl groups excluding tert-OH is 1. The van der Waals surface area contributed by atoms with Crippen molar-refractivity contribution in [3.8, 4) is 11.3 Å². The van der Waals surface area contributed by atoms with Gasteiger partial charge < -0.3 is 16.2 Å². The largest absolute Gasteiger partial charge is 0.384 e. The summed E-state index contributed by atoms with van der Waals surface area (Å²) < 4.78 is 43.0. The van der Waals surface area contributed by atoms with Crippen molar-refractivity contribution in [3.05, 3.63) is 83.1 Å². The molecule has 5 atom stereocenters. The first-order valence-electron chi connectivity index (χ1n) is 12.4. The van der Waals surface area contributed by atoms with Crippen LogP contribution >= 0.6 is 0 Å². The van der Waals surface area contributed by atoms with E-state index in [1.165, 1.54) is 13.0 Å². The summed E-state index contributed by atoms with van der Waals surface area (Å²) in [6, 6.07) is 6.43. The smallest absolute Gasteiger partial charge is 0.248 e. The third-order valence-corrected chi connectivity index (χ3v) is 7.04. The molecule has 1 unspecified atom stereocenters. The molecule has 0 aliphatic heterocycles. The van der Waals surface area contributed by atoms with Crippen molar-refractivity contribution in [1.82, 2.24) is 15.3 Å². The number of nitrogens with two attached hydrogens (primary N) is 1. The molecule has 7 nitrogen and oxygen atoms in total. The van der Waals surface area contributed by atoms with Gasteiger partial charge in [-0.15, -0.1) is 0 Å². The maximum Gasteiger partial charge on any atom is 0.248 e. The number of benzene rings is 1. The molecule has 3 aromatic rings. The minimum Gasteiger partial charge on any atom is -0.384 e. The quantitative estimate of drug-likeness (QED) is 0.404. The van der Waals surface area contributed by atoms with Crippen LogP contribution in [0.1, 0.15) is 54.2 Å². The number of Topliss-reactive ketones (excluding diaryl/α,β-unsaturated/α-hetero) is 1. The van der Waals surface area contributed by atoms with Crippen LogP contribution < -0.4 is 11.1 Å². The lowest BCUT2D eigenvalue weighted by Crippen LogP contribution is -2.56. The molecule has 1 aliphatic rings. The lowest BCUT2D eigenvalue weighted by Gasteiger charge is -2.40. The Morgan fingerprint density at radius 2 is 1.82 bits per heavy atom. The van der Waals surface area contributed by atoms with Crippen molar-refractivity contribution in [2.24, 2.45) is 11.7 Å². The Labute approximate surface area is 218 Å². The van der Waals surface area contributed by atoms with Gasteiger partial charge in [0, 0.05) is 30.9 Å². The zero-order valence-corrected chi connectivity index (χ0v) is 21.0. The standard InChI is InChI=1S/C28H29F3N4O3/c1-14-10-16(11-22(32)26(14)35-28(38)15(2)36)18-8-9-33-13-17(18)12-24(37)23-7-6-21(31)27(34-23)25-19(29)4-3-5-20(25)30/h3-9,13-16,22,26,36H,10-12,32H2,1-2H3,(H,35,38)/t14-,15?,16+,22+,26-/m0/s1. The van der Waals surface area contributed by atoms with Gasteiger partial charge in [0.25, 0.3) is 0 Å². The summed E-state index contributed by atoms with van der Waals surface area (Å²) in [6.45, 7) is 3.36. The fourth-order valence-electron chi connectivity index (χ4n) is 5.12. The van der Waals surface area contributed by atoms with Crippen LogP contribution in [0.3, 0.4) is 0 Å². The SMILES string of the molecule is CC(O)C(=O)N[C@@H]1[C@H](N)C[C@H](c2ccncc2CC(=O)c2ccc(F)c(-c3c(F)cccc3F)n2)C[C@@H]1C. The molecule has 1 fully saturated rings. The van der Waals surface area contributed by atoms with E-state index in [2.05, 4.69) is 15.3 Å². The number of ketones is 1. The first-order chi connectivity index (χ1) is 18.1. The highest BCUT2D eigenvalue weighted by Gasteiger charge is 2.36. The van der Waals surface area contributed by atoms with Gasteiger partial charge in [-0.3, -0.25) is 14.6 Å². The van der Waals surface area contributed by atoms with E-state index in [-0.39, 0.29) is 36.0 Å². The molecule has 1 saturated carbocycles. The summed E-state index contributed by atoms with van der Waals surface area (Å²) >= 11 is 0. The van der Waals surface area contributed by atoms with E-state index in [9.17, 15) is 27.9 Å². The molecule has 38 heavy (non-hydrogen) atoms. The molecule has 0 saturated heterocycles. The van der Waals surface area contributed by atoms with E-state index in [1.54, 1.807) is 12.4 Å². The first kappa shape index (κ1) is 27.4. The predicted octanol–water partition coefficient (Wildman–Crippen LogP) is 3.69. The van der Waals surface area contributed by atoms with Gasteiger partial charge in [-0.05, 0) is 73.1 Å². The Morgan fingerprint density at radius 1 is 1.11 bits per heavy atom. The number of hydrogen-bond acceptors (Lipinski definition) is 6. The second-order valence-corrected chi connectivity index (χ2v) is 9.82. The van der Waals surface area contributed by atoms with Gasteiger partial charge in [0.1, 0.15) is 34.9 Å². The molecule has 2 heterocycles. The second-order valence-electron chi connectivity index (χ2n) is 9.82. The van der Waals surface area contributed by atoms with Crippen molar-refractivity contribution in [3.63, 3.8) is 0 Å². The van der Waals surface area contributed by atoms with Crippen LogP contribution in [0.25, 0.3) is 11.3 Å². The molecule has 10 heteroatoms. The number of carbonyl (C=O) groups is 2. The summed E-state index contributed by atoms with van der Waals surface area (Å²) in [7, 11) is 0. The van der Waals surface area contributed by atoms with Crippen LogP contribution in [0.15, 0.2) is 48.8 Å². The number of aliphatic hydroxyl groups is 1. The molecular formula is C28H29F3N4O3. The maximum absolute atomic E-state index is 14.5. The Hall–Kier alpha value is -3.63. The van der Waals surface area contributed by atoms with Gasteiger partial charge in [-0.1, -0.05) is 13.0 Å². The van der Waals surface area contributed by atoms with Crippen LogP contribution in [0, 0.1) is 23.4 Å². The van der Waals surface area contributed by atoms with E-state index in [0.29, 0.717) is 18.4 Å². The first-order valence-corrected chi connectivity index (χ1v) is 12.4. The number of hydrogen-bond donors (Lipinski definition) is 3. The van der Waals surface area contributed by atoms with Crippen molar-refractivity contribution in [2.45, 2.75) is 57.2 Å². The third kappa shape index (κ3) is 5.76. The summed E-state index contributed by atoms with van der Waals surface area (Å²) in [5.41, 5.74) is 6.58. The average Bonchev–Trinajstić information content (AvgIpc) is 2.87.